The number of pyridine rings is 1. The summed E-state index contributed by atoms with van der Waals surface area (Å²) in [7, 11) is 0. The zero-order valence-electron chi connectivity index (χ0n) is 9.05. The first kappa shape index (κ1) is 15.1. The van der Waals surface area contributed by atoms with Gasteiger partial charge in [0.2, 0.25) is 0 Å². The number of hydrogen-bond acceptors (Lipinski definition) is 5. The van der Waals surface area contributed by atoms with Gasteiger partial charge in [0.25, 0.3) is 0 Å². The van der Waals surface area contributed by atoms with Crippen LogP contribution in [0.1, 0.15) is 29.3 Å². The number of nitrogens with zero attached hydrogens (tertiary/aromatic N) is 1. The van der Waals surface area contributed by atoms with Crippen LogP contribution in [0.15, 0.2) is 6.20 Å². The number of aliphatic hydroxyl groups excluding tert-OH is 2. The Balaban J connectivity index is 0.00000225. The predicted molar refractivity (Wildman–Crippen MR) is 62.4 cm³/mol. The summed E-state index contributed by atoms with van der Waals surface area (Å²) in [4.78, 5) is 3.92. The van der Waals surface area contributed by atoms with Gasteiger partial charge >= 0.3 is 0 Å². The molecule has 5 nitrogen and oxygen atoms in total. The topological polar surface area (TPSA) is 99.6 Å². The maximum Gasteiger partial charge on any atom is 0.141 e. The van der Waals surface area contributed by atoms with Crippen molar-refractivity contribution in [2.75, 3.05) is 6.61 Å². The average Bonchev–Trinajstić information content (AvgIpc) is 2.22. The van der Waals surface area contributed by atoms with Crippen LogP contribution < -0.4 is 5.73 Å². The molecule has 5 N–H and O–H groups in total. The van der Waals surface area contributed by atoms with Gasteiger partial charge < -0.3 is 21.1 Å². The van der Waals surface area contributed by atoms with E-state index in [9.17, 15) is 5.11 Å². The van der Waals surface area contributed by atoms with Crippen LogP contribution >= 0.6 is 12.4 Å². The van der Waals surface area contributed by atoms with E-state index in [1.54, 1.807) is 6.92 Å². The first-order chi connectivity index (χ1) is 7.11. The van der Waals surface area contributed by atoms with E-state index in [0.717, 1.165) is 0 Å². The number of nitrogens with two attached hydrogens (primary N) is 1. The molecule has 0 spiro atoms. The van der Waals surface area contributed by atoms with Gasteiger partial charge in [0, 0.05) is 30.0 Å². The average molecular weight is 249 g/mol. The molecular weight excluding hydrogens is 232 g/mol. The van der Waals surface area contributed by atoms with Crippen LogP contribution in [0.2, 0.25) is 0 Å². The quantitative estimate of drug-likeness (QED) is 0.618. The summed E-state index contributed by atoms with van der Waals surface area (Å²) in [6.07, 6.45) is 1.83. The van der Waals surface area contributed by atoms with Gasteiger partial charge in [-0.15, -0.1) is 12.4 Å². The van der Waals surface area contributed by atoms with E-state index in [-0.39, 0.29) is 31.4 Å². The SMILES string of the molecule is Cc1ncc(CO)c([C@H](N)CCO)c1O.Cl. The van der Waals surface area contributed by atoms with E-state index >= 15 is 0 Å². The molecule has 1 heterocycles. The normalized spacial score (nSPS) is 12.0. The fourth-order valence-corrected chi connectivity index (χ4v) is 1.48. The Bertz CT molecular complexity index is 347. The first-order valence-corrected chi connectivity index (χ1v) is 4.76. The van der Waals surface area contributed by atoms with Gasteiger partial charge in [0.15, 0.2) is 0 Å². The molecule has 1 rings (SSSR count). The van der Waals surface area contributed by atoms with Crippen LogP contribution in [0, 0.1) is 6.92 Å². The molecule has 1 aromatic rings. The lowest BCUT2D eigenvalue weighted by atomic mass is 9.99. The molecule has 0 aliphatic heterocycles. The highest BCUT2D eigenvalue weighted by Gasteiger charge is 2.17. The maximum absolute atomic E-state index is 9.77. The minimum atomic E-state index is -0.487. The molecule has 0 unspecified atom stereocenters. The smallest absolute Gasteiger partial charge is 0.141 e. The van der Waals surface area contributed by atoms with Crippen molar-refractivity contribution >= 4 is 12.4 Å². The number of halogens is 1. The molecule has 0 fully saturated rings. The monoisotopic (exact) mass is 248 g/mol. The Morgan fingerprint density at radius 1 is 1.44 bits per heavy atom. The molecule has 1 aromatic heterocycles. The third kappa shape index (κ3) is 3.05. The van der Waals surface area contributed by atoms with Crippen molar-refractivity contribution in [2.24, 2.45) is 5.73 Å². The zero-order valence-corrected chi connectivity index (χ0v) is 9.87. The molecular formula is C10H17ClN2O3. The lowest BCUT2D eigenvalue weighted by molar-refractivity contribution is 0.266. The van der Waals surface area contributed by atoms with Crippen molar-refractivity contribution in [1.82, 2.24) is 4.98 Å². The van der Waals surface area contributed by atoms with Crippen molar-refractivity contribution in [3.05, 3.63) is 23.0 Å². The van der Waals surface area contributed by atoms with Crippen molar-refractivity contribution in [2.45, 2.75) is 26.0 Å². The van der Waals surface area contributed by atoms with E-state index in [1.165, 1.54) is 6.20 Å². The largest absolute Gasteiger partial charge is 0.506 e. The van der Waals surface area contributed by atoms with Crippen molar-refractivity contribution in [1.29, 1.82) is 0 Å². The van der Waals surface area contributed by atoms with Gasteiger partial charge in [-0.05, 0) is 13.3 Å². The first-order valence-electron chi connectivity index (χ1n) is 4.76. The Kier molecular flexibility index (Phi) is 6.28. The Labute approximate surface area is 100 Å². The minimum absolute atomic E-state index is 0. The van der Waals surface area contributed by atoms with Crippen LogP contribution in [0.25, 0.3) is 0 Å². The summed E-state index contributed by atoms with van der Waals surface area (Å²) < 4.78 is 0. The van der Waals surface area contributed by atoms with Crippen LogP contribution in [0.3, 0.4) is 0 Å². The third-order valence-electron chi connectivity index (χ3n) is 2.34. The molecule has 6 heteroatoms. The molecule has 0 saturated heterocycles. The van der Waals surface area contributed by atoms with Crippen molar-refractivity contribution < 1.29 is 15.3 Å². The van der Waals surface area contributed by atoms with Crippen LogP contribution in [-0.4, -0.2) is 26.9 Å². The van der Waals surface area contributed by atoms with E-state index in [4.69, 9.17) is 15.9 Å². The fraction of sp³-hybridized carbons (Fsp3) is 0.500. The Hall–Kier alpha value is -0.880. The molecule has 0 bridgehead atoms. The summed E-state index contributed by atoms with van der Waals surface area (Å²) >= 11 is 0. The second-order valence-electron chi connectivity index (χ2n) is 3.41. The predicted octanol–water partition coefficient (Wildman–Crippen LogP) is 0.392. The summed E-state index contributed by atoms with van der Waals surface area (Å²) in [6.45, 7) is 1.37. The number of hydrogen-bond donors (Lipinski definition) is 4. The fourth-order valence-electron chi connectivity index (χ4n) is 1.48. The van der Waals surface area contributed by atoms with Gasteiger partial charge in [0.1, 0.15) is 5.75 Å². The Morgan fingerprint density at radius 3 is 2.56 bits per heavy atom. The molecule has 0 radical (unpaired) electrons. The third-order valence-corrected chi connectivity index (χ3v) is 2.34. The van der Waals surface area contributed by atoms with Gasteiger partial charge in [-0.1, -0.05) is 0 Å². The van der Waals surface area contributed by atoms with Gasteiger partial charge in [-0.3, -0.25) is 4.98 Å². The van der Waals surface area contributed by atoms with Crippen molar-refractivity contribution in [3.8, 4) is 5.75 Å². The highest BCUT2D eigenvalue weighted by molar-refractivity contribution is 5.85. The van der Waals surface area contributed by atoms with E-state index < -0.39 is 6.04 Å². The summed E-state index contributed by atoms with van der Waals surface area (Å²) in [5.74, 6) is 0.00231. The van der Waals surface area contributed by atoms with E-state index in [1.807, 2.05) is 0 Å². The summed E-state index contributed by atoms with van der Waals surface area (Å²) in [6, 6.07) is -0.487. The number of rotatable bonds is 4. The number of aliphatic hydroxyl groups is 2. The molecule has 0 aromatic carbocycles. The number of aromatic nitrogens is 1. The molecule has 0 aliphatic carbocycles. The number of aromatic hydroxyl groups is 1. The molecule has 1 atom stereocenters. The van der Waals surface area contributed by atoms with Crippen molar-refractivity contribution in [3.63, 3.8) is 0 Å². The van der Waals surface area contributed by atoms with Crippen LogP contribution in [0.4, 0.5) is 0 Å². The summed E-state index contributed by atoms with van der Waals surface area (Å²) in [5.41, 5.74) is 7.23. The molecule has 92 valence electrons. The number of aryl methyl sites for hydroxylation is 1. The van der Waals surface area contributed by atoms with Gasteiger partial charge in [-0.2, -0.15) is 0 Å². The Morgan fingerprint density at radius 2 is 2.06 bits per heavy atom. The molecule has 0 amide bonds. The minimum Gasteiger partial charge on any atom is -0.506 e. The van der Waals surface area contributed by atoms with Crippen LogP contribution in [-0.2, 0) is 6.61 Å². The lowest BCUT2D eigenvalue weighted by Gasteiger charge is -2.16. The highest BCUT2D eigenvalue weighted by atomic mass is 35.5. The maximum atomic E-state index is 9.77. The highest BCUT2D eigenvalue weighted by Crippen LogP contribution is 2.29. The second-order valence-corrected chi connectivity index (χ2v) is 3.41. The molecule has 0 aliphatic rings. The lowest BCUT2D eigenvalue weighted by Crippen LogP contribution is -2.15. The van der Waals surface area contributed by atoms with Gasteiger partial charge in [-0.25, -0.2) is 0 Å². The zero-order chi connectivity index (χ0) is 11.4. The summed E-state index contributed by atoms with van der Waals surface area (Å²) in [5, 5.41) is 27.6. The van der Waals surface area contributed by atoms with Crippen LogP contribution in [0.5, 0.6) is 5.75 Å². The standard InChI is InChI=1S/C10H16N2O3.ClH/c1-6-10(15)9(8(11)2-3-13)7(5-14)4-12-6;/h4,8,13-15H,2-3,5,11H2,1H3;1H/t8-;/m1./s1. The molecule has 16 heavy (non-hydrogen) atoms. The van der Waals surface area contributed by atoms with Gasteiger partial charge in [0.05, 0.1) is 12.3 Å². The molecule has 0 saturated carbocycles. The van der Waals surface area contributed by atoms with E-state index in [0.29, 0.717) is 23.2 Å². The van der Waals surface area contributed by atoms with E-state index in [2.05, 4.69) is 4.98 Å². The second kappa shape index (κ2) is 6.65.